The fourth-order valence-electron chi connectivity index (χ4n) is 4.84. The number of aryl methyl sites for hydroxylation is 1. The van der Waals surface area contributed by atoms with E-state index in [1.807, 2.05) is 66.9 Å². The van der Waals surface area contributed by atoms with Crippen molar-refractivity contribution in [3.05, 3.63) is 53.6 Å². The molecule has 1 fully saturated rings. The van der Waals surface area contributed by atoms with Crippen molar-refractivity contribution in [1.82, 2.24) is 14.7 Å². The van der Waals surface area contributed by atoms with E-state index in [4.69, 9.17) is 5.10 Å². The average Bonchev–Trinajstić information content (AvgIpc) is 3.35. The highest BCUT2D eigenvalue weighted by molar-refractivity contribution is 6.07. The van der Waals surface area contributed by atoms with Gasteiger partial charge in [-0.1, -0.05) is 36.4 Å². The number of nitrogens with zero attached hydrogens (tertiary/aromatic N) is 3. The first-order valence-corrected chi connectivity index (χ1v) is 9.93. The minimum absolute atomic E-state index is 0.0133. The van der Waals surface area contributed by atoms with Crippen molar-refractivity contribution in [3.8, 4) is 11.3 Å². The van der Waals surface area contributed by atoms with Gasteiger partial charge in [0.2, 0.25) is 0 Å². The molecule has 1 unspecified atom stereocenters. The molecule has 0 saturated heterocycles. The van der Waals surface area contributed by atoms with Crippen LogP contribution in [0.25, 0.3) is 22.2 Å². The second-order valence-corrected chi connectivity index (χ2v) is 8.70. The third-order valence-electron chi connectivity index (χ3n) is 6.11. The van der Waals surface area contributed by atoms with Gasteiger partial charge in [-0.3, -0.25) is 9.48 Å². The molecule has 1 saturated carbocycles. The maximum Gasteiger partial charge on any atom is 0.255 e. The van der Waals surface area contributed by atoms with E-state index >= 15 is 0 Å². The average molecular weight is 375 g/mol. The van der Waals surface area contributed by atoms with Gasteiger partial charge in [0.05, 0.1) is 22.7 Å². The monoisotopic (exact) mass is 375 g/mol. The Morgan fingerprint density at radius 3 is 2.61 bits per heavy atom. The van der Waals surface area contributed by atoms with Crippen molar-refractivity contribution in [3.63, 3.8) is 0 Å². The van der Waals surface area contributed by atoms with Gasteiger partial charge in [-0.2, -0.15) is 5.10 Å². The summed E-state index contributed by atoms with van der Waals surface area (Å²) in [5.41, 5.74) is 3.61. The van der Waals surface area contributed by atoms with Crippen LogP contribution >= 0.6 is 0 Å². The molecule has 2 aromatic carbocycles. The van der Waals surface area contributed by atoms with Crippen LogP contribution in [-0.4, -0.2) is 37.3 Å². The summed E-state index contributed by atoms with van der Waals surface area (Å²) in [5.74, 6) is 0.400. The minimum Gasteiger partial charge on any atom is -0.388 e. The summed E-state index contributed by atoms with van der Waals surface area (Å²) in [7, 11) is 1.93. The first-order valence-electron chi connectivity index (χ1n) is 9.93. The number of aliphatic hydroxyl groups is 1. The molecule has 0 bridgehead atoms. The van der Waals surface area contributed by atoms with Gasteiger partial charge in [-0.25, -0.2) is 0 Å². The van der Waals surface area contributed by atoms with Gasteiger partial charge in [0, 0.05) is 24.5 Å². The van der Waals surface area contributed by atoms with E-state index in [-0.39, 0.29) is 11.9 Å². The molecule has 0 spiro atoms. The number of fused-ring (bicyclic) bond motifs is 2. The van der Waals surface area contributed by atoms with Crippen molar-refractivity contribution in [1.29, 1.82) is 0 Å². The van der Waals surface area contributed by atoms with Gasteiger partial charge < -0.3 is 10.0 Å². The van der Waals surface area contributed by atoms with E-state index in [9.17, 15) is 9.90 Å². The summed E-state index contributed by atoms with van der Waals surface area (Å²) < 4.78 is 1.87. The largest absolute Gasteiger partial charge is 0.388 e. The molecule has 1 amide bonds. The van der Waals surface area contributed by atoms with Gasteiger partial charge in [-0.15, -0.1) is 0 Å². The van der Waals surface area contributed by atoms with Crippen LogP contribution in [0.2, 0.25) is 0 Å². The lowest BCUT2D eigenvalue weighted by atomic mass is 9.93. The summed E-state index contributed by atoms with van der Waals surface area (Å²) in [6.45, 7) is 4.19. The molecule has 1 aliphatic carbocycles. The van der Waals surface area contributed by atoms with Crippen LogP contribution in [0.5, 0.6) is 0 Å². The predicted molar refractivity (Wildman–Crippen MR) is 109 cm³/mol. The predicted octanol–water partition coefficient (Wildman–Crippen LogP) is 3.75. The molecule has 0 radical (unpaired) electrons. The highest BCUT2D eigenvalue weighted by Gasteiger charge is 2.48. The summed E-state index contributed by atoms with van der Waals surface area (Å²) in [6, 6.07) is 14.0. The third kappa shape index (κ3) is 2.57. The zero-order chi connectivity index (χ0) is 19.6. The van der Waals surface area contributed by atoms with E-state index in [0.717, 1.165) is 46.1 Å². The molecule has 2 heterocycles. The van der Waals surface area contributed by atoms with Crippen LogP contribution in [0.4, 0.5) is 0 Å². The molecule has 5 heteroatoms. The number of benzene rings is 2. The van der Waals surface area contributed by atoms with E-state index < -0.39 is 5.60 Å². The Bertz CT molecular complexity index is 1090. The Hall–Kier alpha value is -2.66. The van der Waals surface area contributed by atoms with Crippen molar-refractivity contribution < 1.29 is 9.90 Å². The fourth-order valence-corrected chi connectivity index (χ4v) is 4.84. The molecule has 1 N–H and O–H groups in total. The SMILES string of the molecule is Cn1nc(-c2cccc3c2C(=O)N(C(C2CC2)C(C)(C)O)C3)c2ccccc21. The van der Waals surface area contributed by atoms with Crippen molar-refractivity contribution in [2.24, 2.45) is 13.0 Å². The van der Waals surface area contributed by atoms with Crippen molar-refractivity contribution in [2.75, 3.05) is 0 Å². The lowest BCUT2D eigenvalue weighted by Crippen LogP contribution is -2.51. The topological polar surface area (TPSA) is 58.4 Å². The van der Waals surface area contributed by atoms with E-state index in [0.29, 0.717) is 12.5 Å². The van der Waals surface area contributed by atoms with Crippen molar-refractivity contribution >= 4 is 16.8 Å². The molecule has 5 nitrogen and oxygen atoms in total. The van der Waals surface area contributed by atoms with Crippen LogP contribution in [0.3, 0.4) is 0 Å². The molecule has 28 heavy (non-hydrogen) atoms. The van der Waals surface area contributed by atoms with Gasteiger partial charge in [0.15, 0.2) is 0 Å². The summed E-state index contributed by atoms with van der Waals surface area (Å²) in [6.07, 6.45) is 2.15. The molecule has 1 atom stereocenters. The van der Waals surface area contributed by atoms with Gasteiger partial charge in [0.1, 0.15) is 5.69 Å². The molecule has 1 aromatic heterocycles. The molecule has 2 aliphatic rings. The zero-order valence-electron chi connectivity index (χ0n) is 16.5. The summed E-state index contributed by atoms with van der Waals surface area (Å²) in [4.78, 5) is 15.4. The highest BCUT2D eigenvalue weighted by Crippen LogP contribution is 2.44. The fraction of sp³-hybridized carbons (Fsp3) is 0.391. The quantitative estimate of drug-likeness (QED) is 0.756. The highest BCUT2D eigenvalue weighted by atomic mass is 16.3. The standard InChI is InChI=1S/C23H25N3O2/c1-23(2,28)21(14-11-12-14)26-13-15-7-6-9-17(19(15)22(26)27)20-16-8-4-5-10-18(16)25(3)24-20/h4-10,14,21,28H,11-13H2,1-3H3. The number of hydrogen-bond donors (Lipinski definition) is 1. The Labute approximate surface area is 164 Å². The van der Waals surface area contributed by atoms with Crippen LogP contribution in [0.1, 0.15) is 42.6 Å². The Morgan fingerprint density at radius 1 is 1.14 bits per heavy atom. The summed E-state index contributed by atoms with van der Waals surface area (Å²) in [5, 5.41) is 16.5. The number of para-hydroxylation sites is 1. The van der Waals surface area contributed by atoms with E-state index in [1.165, 1.54) is 0 Å². The maximum atomic E-state index is 13.5. The van der Waals surface area contributed by atoms with E-state index in [1.54, 1.807) is 0 Å². The number of aromatic nitrogens is 2. The molecular weight excluding hydrogens is 350 g/mol. The van der Waals surface area contributed by atoms with Crippen LogP contribution in [0.15, 0.2) is 42.5 Å². The Morgan fingerprint density at radius 2 is 1.89 bits per heavy atom. The molecule has 3 aromatic rings. The van der Waals surface area contributed by atoms with Crippen LogP contribution < -0.4 is 0 Å². The number of rotatable bonds is 4. The van der Waals surface area contributed by atoms with Crippen molar-refractivity contribution in [2.45, 2.75) is 44.9 Å². The number of amides is 1. The minimum atomic E-state index is -0.920. The maximum absolute atomic E-state index is 13.5. The summed E-state index contributed by atoms with van der Waals surface area (Å²) >= 11 is 0. The molecule has 144 valence electrons. The first kappa shape index (κ1) is 17.4. The van der Waals surface area contributed by atoms with Crippen LogP contribution in [0, 0.1) is 5.92 Å². The normalized spacial score (nSPS) is 18.0. The molecular formula is C23H25N3O2. The second kappa shape index (κ2) is 5.92. The lowest BCUT2D eigenvalue weighted by Gasteiger charge is -2.37. The number of carbonyl (C=O) groups excluding carboxylic acids is 1. The Kier molecular flexibility index (Phi) is 3.68. The molecule has 5 rings (SSSR count). The molecule has 1 aliphatic heterocycles. The smallest absolute Gasteiger partial charge is 0.255 e. The zero-order valence-corrected chi connectivity index (χ0v) is 16.5. The second-order valence-electron chi connectivity index (χ2n) is 8.70. The van der Waals surface area contributed by atoms with Gasteiger partial charge in [-0.05, 0) is 44.2 Å². The van der Waals surface area contributed by atoms with Gasteiger partial charge >= 0.3 is 0 Å². The number of carbonyl (C=O) groups is 1. The first-order chi connectivity index (χ1) is 13.4. The Balaban J connectivity index is 1.63. The van der Waals surface area contributed by atoms with Crippen LogP contribution in [-0.2, 0) is 13.6 Å². The lowest BCUT2D eigenvalue weighted by molar-refractivity contribution is -0.0224. The third-order valence-corrected chi connectivity index (χ3v) is 6.11. The number of hydrogen-bond acceptors (Lipinski definition) is 3. The van der Waals surface area contributed by atoms with E-state index in [2.05, 4.69) is 6.07 Å². The van der Waals surface area contributed by atoms with Gasteiger partial charge in [0.25, 0.3) is 5.91 Å².